The molecular formula is C8H11S. The van der Waals surface area contributed by atoms with Crippen LogP contribution in [0, 0.1) is 5.38 Å². The highest BCUT2D eigenvalue weighted by Crippen LogP contribution is 2.19. The van der Waals surface area contributed by atoms with E-state index in [9.17, 15) is 0 Å². The molecule has 1 unspecified atom stereocenters. The third kappa shape index (κ3) is 1.55. The second-order valence-corrected chi connectivity index (χ2v) is 3.01. The Labute approximate surface area is 60.5 Å². The van der Waals surface area contributed by atoms with Crippen molar-refractivity contribution >= 4 is 11.3 Å². The van der Waals surface area contributed by atoms with Crippen molar-refractivity contribution < 1.29 is 0 Å². The summed E-state index contributed by atoms with van der Waals surface area (Å²) in [6, 6.07) is 2.08. The van der Waals surface area contributed by atoms with Crippen molar-refractivity contribution in [2.75, 3.05) is 0 Å². The molecule has 0 saturated heterocycles. The average Bonchev–Trinajstić information content (AvgIpc) is 2.37. The Morgan fingerprint density at radius 2 is 2.56 bits per heavy atom. The van der Waals surface area contributed by atoms with E-state index < -0.39 is 0 Å². The van der Waals surface area contributed by atoms with Crippen molar-refractivity contribution in [3.63, 3.8) is 0 Å². The topological polar surface area (TPSA) is 0 Å². The van der Waals surface area contributed by atoms with E-state index in [0.717, 1.165) is 0 Å². The lowest BCUT2D eigenvalue weighted by Gasteiger charge is -2.02. The van der Waals surface area contributed by atoms with Gasteiger partial charge in [0, 0.05) is 5.38 Å². The van der Waals surface area contributed by atoms with Crippen LogP contribution in [0.4, 0.5) is 0 Å². The monoisotopic (exact) mass is 139 g/mol. The molecule has 0 aliphatic heterocycles. The summed E-state index contributed by atoms with van der Waals surface area (Å²) >= 11 is 1.66. The highest BCUT2D eigenvalue weighted by atomic mass is 32.1. The highest BCUT2D eigenvalue weighted by Gasteiger charge is 2.00. The van der Waals surface area contributed by atoms with Crippen LogP contribution in [0.3, 0.4) is 0 Å². The highest BCUT2D eigenvalue weighted by molar-refractivity contribution is 7.07. The summed E-state index contributed by atoms with van der Waals surface area (Å²) in [6.07, 6.45) is 1.23. The maximum absolute atomic E-state index is 3.09. The molecule has 1 atom stereocenters. The smallest absolute Gasteiger partial charge is 0.0445 e. The van der Waals surface area contributed by atoms with Crippen molar-refractivity contribution in [2.45, 2.75) is 26.2 Å². The van der Waals surface area contributed by atoms with E-state index in [2.05, 4.69) is 30.7 Å². The molecule has 1 aromatic rings. The Hall–Kier alpha value is -0.300. The van der Waals surface area contributed by atoms with Crippen LogP contribution in [0.1, 0.15) is 31.7 Å². The average molecular weight is 139 g/mol. The molecule has 0 N–H and O–H groups in total. The summed E-state index contributed by atoms with van der Waals surface area (Å²) in [5, 5.41) is 5.26. The number of hydrogen-bond acceptors (Lipinski definition) is 1. The second-order valence-electron chi connectivity index (χ2n) is 2.31. The van der Waals surface area contributed by atoms with Gasteiger partial charge < -0.3 is 0 Å². The predicted octanol–water partition coefficient (Wildman–Crippen LogP) is 3.06. The van der Waals surface area contributed by atoms with Gasteiger partial charge >= 0.3 is 0 Å². The molecule has 0 bridgehead atoms. The van der Waals surface area contributed by atoms with Crippen LogP contribution in [-0.4, -0.2) is 0 Å². The Bertz CT molecular complexity index is 153. The van der Waals surface area contributed by atoms with E-state index in [1.807, 2.05) is 0 Å². The van der Waals surface area contributed by atoms with Crippen molar-refractivity contribution in [3.8, 4) is 0 Å². The fraction of sp³-hybridized carbons (Fsp3) is 0.500. The first-order chi connectivity index (χ1) is 4.34. The van der Waals surface area contributed by atoms with E-state index in [0.29, 0.717) is 5.92 Å². The predicted molar refractivity (Wildman–Crippen MR) is 41.9 cm³/mol. The van der Waals surface area contributed by atoms with E-state index in [1.165, 1.54) is 12.0 Å². The first-order valence-corrected chi connectivity index (χ1v) is 4.17. The van der Waals surface area contributed by atoms with Gasteiger partial charge in [0.1, 0.15) is 0 Å². The minimum absolute atomic E-state index is 0.715. The zero-order chi connectivity index (χ0) is 6.69. The lowest BCUT2D eigenvalue weighted by Crippen LogP contribution is -1.85. The Kier molecular flexibility index (Phi) is 2.29. The minimum atomic E-state index is 0.715. The third-order valence-electron chi connectivity index (χ3n) is 1.67. The number of thiophene rings is 1. The van der Waals surface area contributed by atoms with Gasteiger partial charge in [-0.25, -0.2) is 0 Å². The molecule has 0 spiro atoms. The van der Waals surface area contributed by atoms with E-state index >= 15 is 0 Å². The molecule has 1 radical (unpaired) electrons. The molecule has 1 rings (SSSR count). The molecular weight excluding hydrogens is 128 g/mol. The largest absolute Gasteiger partial charge is 0.143 e. The summed E-state index contributed by atoms with van der Waals surface area (Å²) in [4.78, 5) is 0. The van der Waals surface area contributed by atoms with Gasteiger partial charge in [-0.1, -0.05) is 13.8 Å². The van der Waals surface area contributed by atoms with Gasteiger partial charge in [0.15, 0.2) is 0 Å². The Balaban J connectivity index is 2.65. The van der Waals surface area contributed by atoms with Crippen molar-refractivity contribution in [1.82, 2.24) is 0 Å². The Morgan fingerprint density at radius 1 is 1.78 bits per heavy atom. The molecule has 1 aromatic heterocycles. The first-order valence-electron chi connectivity index (χ1n) is 3.29. The maximum atomic E-state index is 3.09. The summed E-state index contributed by atoms with van der Waals surface area (Å²) in [7, 11) is 0. The molecule has 0 aromatic carbocycles. The van der Waals surface area contributed by atoms with Gasteiger partial charge in [0.2, 0.25) is 0 Å². The maximum Gasteiger partial charge on any atom is 0.0445 e. The molecule has 0 amide bonds. The first kappa shape index (κ1) is 6.81. The number of rotatable bonds is 2. The quantitative estimate of drug-likeness (QED) is 0.590. The fourth-order valence-electron chi connectivity index (χ4n) is 0.732. The Morgan fingerprint density at radius 3 is 3.00 bits per heavy atom. The molecule has 0 aliphatic carbocycles. The molecule has 0 nitrogen and oxygen atoms in total. The zero-order valence-electron chi connectivity index (χ0n) is 5.85. The SMILES string of the molecule is CCC(C)c1c[c]sc1. The van der Waals surface area contributed by atoms with Crippen LogP contribution >= 0.6 is 11.3 Å². The molecule has 1 heterocycles. The lowest BCUT2D eigenvalue weighted by molar-refractivity contribution is 0.736. The van der Waals surface area contributed by atoms with Gasteiger partial charge in [-0.15, -0.1) is 11.3 Å². The fourth-order valence-corrected chi connectivity index (χ4v) is 1.44. The van der Waals surface area contributed by atoms with Crippen LogP contribution in [0.5, 0.6) is 0 Å². The minimum Gasteiger partial charge on any atom is -0.143 e. The third-order valence-corrected chi connectivity index (χ3v) is 2.31. The molecule has 49 valence electrons. The van der Waals surface area contributed by atoms with Gasteiger partial charge in [-0.05, 0) is 29.3 Å². The van der Waals surface area contributed by atoms with Crippen molar-refractivity contribution in [2.24, 2.45) is 0 Å². The molecule has 0 fully saturated rings. The van der Waals surface area contributed by atoms with Gasteiger partial charge in [-0.3, -0.25) is 0 Å². The summed E-state index contributed by atoms with van der Waals surface area (Å²) in [5.74, 6) is 0.715. The van der Waals surface area contributed by atoms with E-state index in [1.54, 1.807) is 11.3 Å². The number of hydrogen-bond donors (Lipinski definition) is 0. The summed E-state index contributed by atoms with van der Waals surface area (Å²) in [5.41, 5.74) is 1.43. The normalized spacial score (nSPS) is 13.6. The lowest BCUT2D eigenvalue weighted by atomic mass is 10.0. The standard InChI is InChI=1S/C8H11S/c1-3-7(2)8-4-5-9-6-8/h4,6-7H,3H2,1-2H3. The summed E-state index contributed by atoms with van der Waals surface area (Å²) < 4.78 is 0. The zero-order valence-corrected chi connectivity index (χ0v) is 6.66. The van der Waals surface area contributed by atoms with Crippen LogP contribution in [0.15, 0.2) is 11.4 Å². The van der Waals surface area contributed by atoms with Crippen LogP contribution in [0.2, 0.25) is 0 Å². The van der Waals surface area contributed by atoms with Crippen LogP contribution in [-0.2, 0) is 0 Å². The van der Waals surface area contributed by atoms with Gasteiger partial charge in [0.25, 0.3) is 0 Å². The van der Waals surface area contributed by atoms with Crippen molar-refractivity contribution in [1.29, 1.82) is 0 Å². The van der Waals surface area contributed by atoms with E-state index in [-0.39, 0.29) is 0 Å². The molecule has 9 heavy (non-hydrogen) atoms. The van der Waals surface area contributed by atoms with Gasteiger partial charge in [-0.2, -0.15) is 0 Å². The van der Waals surface area contributed by atoms with E-state index in [4.69, 9.17) is 0 Å². The molecule has 1 heteroatoms. The summed E-state index contributed by atoms with van der Waals surface area (Å²) in [6.45, 7) is 4.46. The molecule has 0 aliphatic rings. The second kappa shape index (κ2) is 3.02. The van der Waals surface area contributed by atoms with Gasteiger partial charge in [0.05, 0.1) is 0 Å². The van der Waals surface area contributed by atoms with Crippen LogP contribution in [0.25, 0.3) is 0 Å². The van der Waals surface area contributed by atoms with Crippen LogP contribution < -0.4 is 0 Å². The van der Waals surface area contributed by atoms with Crippen molar-refractivity contribution in [3.05, 3.63) is 22.4 Å². The molecule has 0 saturated carbocycles.